The Hall–Kier alpha value is 0.440. The van der Waals surface area contributed by atoms with Crippen molar-refractivity contribution in [3.63, 3.8) is 0 Å². The Bertz CT molecular complexity index is 223. The minimum atomic E-state index is 0.596. The Balaban J connectivity index is 1.56. The molecule has 3 fully saturated rings. The summed E-state index contributed by atoms with van der Waals surface area (Å²) in [4.78, 5) is 0. The Morgan fingerprint density at radius 2 is 2.00 bits per heavy atom. The van der Waals surface area contributed by atoms with Crippen LogP contribution in [0.25, 0.3) is 0 Å². The first-order valence-corrected chi connectivity index (χ1v) is 7.65. The van der Waals surface area contributed by atoms with E-state index in [1.165, 1.54) is 56.7 Å². The maximum Gasteiger partial charge on any atom is 0.0608 e. The van der Waals surface area contributed by atoms with E-state index in [1.54, 1.807) is 0 Å². The lowest BCUT2D eigenvalue weighted by atomic mass is 9.84. The molecule has 0 spiro atoms. The van der Waals surface area contributed by atoms with Crippen molar-refractivity contribution in [3.8, 4) is 0 Å². The van der Waals surface area contributed by atoms with Crippen LogP contribution >= 0.6 is 15.9 Å². The second-order valence-corrected chi connectivity index (χ2v) is 6.48. The Kier molecular flexibility index (Phi) is 2.84. The van der Waals surface area contributed by atoms with Gasteiger partial charge in [-0.15, -0.1) is 0 Å². The van der Waals surface area contributed by atoms with Gasteiger partial charge in [-0.2, -0.15) is 0 Å². The third kappa shape index (κ3) is 2.12. The fraction of sp³-hybridized carbons (Fsp3) is 1.00. The zero-order valence-corrected chi connectivity index (χ0v) is 11.0. The highest BCUT2D eigenvalue weighted by molar-refractivity contribution is 9.09. The molecule has 1 aliphatic heterocycles. The van der Waals surface area contributed by atoms with Gasteiger partial charge < -0.3 is 4.74 Å². The predicted octanol–water partition coefficient (Wildman–Crippen LogP) is 3.90. The van der Waals surface area contributed by atoms with Crippen molar-refractivity contribution in [1.29, 1.82) is 0 Å². The van der Waals surface area contributed by atoms with Gasteiger partial charge in [0.1, 0.15) is 0 Å². The molecule has 1 heterocycles. The molecule has 86 valence electrons. The van der Waals surface area contributed by atoms with E-state index in [-0.39, 0.29) is 0 Å². The van der Waals surface area contributed by atoms with Gasteiger partial charge in [-0.05, 0) is 49.9 Å². The summed E-state index contributed by atoms with van der Waals surface area (Å²) in [6.07, 6.45) is 12.4. The number of rotatable bonds is 3. The van der Waals surface area contributed by atoms with Crippen molar-refractivity contribution < 1.29 is 4.74 Å². The summed E-state index contributed by atoms with van der Waals surface area (Å²) in [5.74, 6) is 0.912. The van der Waals surface area contributed by atoms with Gasteiger partial charge >= 0.3 is 0 Å². The van der Waals surface area contributed by atoms with E-state index in [9.17, 15) is 0 Å². The molecule has 1 saturated heterocycles. The number of ether oxygens (including phenoxy) is 1. The largest absolute Gasteiger partial charge is 0.375 e. The van der Waals surface area contributed by atoms with E-state index >= 15 is 0 Å². The molecular formula is C13H21BrO. The lowest BCUT2D eigenvalue weighted by molar-refractivity contribution is 0.00842. The Morgan fingerprint density at radius 1 is 1.20 bits per heavy atom. The van der Waals surface area contributed by atoms with Gasteiger partial charge in [0.05, 0.1) is 12.2 Å². The fourth-order valence-corrected chi connectivity index (χ4v) is 4.24. The van der Waals surface area contributed by atoms with E-state index in [0.717, 1.165) is 5.92 Å². The van der Waals surface area contributed by atoms with Crippen molar-refractivity contribution in [2.24, 2.45) is 11.3 Å². The van der Waals surface area contributed by atoms with Gasteiger partial charge in [-0.3, -0.25) is 0 Å². The van der Waals surface area contributed by atoms with Crippen LogP contribution < -0.4 is 0 Å². The van der Waals surface area contributed by atoms with Crippen LogP contribution in [0.1, 0.15) is 51.4 Å². The maximum atomic E-state index is 6.22. The maximum absolute atomic E-state index is 6.22. The van der Waals surface area contributed by atoms with Crippen LogP contribution in [0.15, 0.2) is 0 Å². The normalized spacial score (nSPS) is 42.6. The van der Waals surface area contributed by atoms with Crippen LogP contribution in [0.2, 0.25) is 0 Å². The average molecular weight is 273 g/mol. The highest BCUT2D eigenvalue weighted by Gasteiger charge is 2.46. The van der Waals surface area contributed by atoms with Crippen LogP contribution in [0.4, 0.5) is 0 Å². The van der Waals surface area contributed by atoms with E-state index in [0.29, 0.717) is 17.6 Å². The van der Waals surface area contributed by atoms with E-state index < -0.39 is 0 Å². The Labute approximate surface area is 101 Å². The zero-order chi connectivity index (χ0) is 10.3. The van der Waals surface area contributed by atoms with Gasteiger partial charge in [0.2, 0.25) is 0 Å². The average Bonchev–Trinajstić information content (AvgIpc) is 2.91. The third-order valence-corrected chi connectivity index (χ3v) is 5.86. The van der Waals surface area contributed by atoms with Crippen LogP contribution in [0, 0.1) is 11.3 Å². The summed E-state index contributed by atoms with van der Waals surface area (Å²) in [6, 6.07) is 0. The lowest BCUT2D eigenvalue weighted by Crippen LogP contribution is -2.20. The molecule has 0 aromatic carbocycles. The molecule has 3 unspecified atom stereocenters. The van der Waals surface area contributed by atoms with Gasteiger partial charge in [-0.1, -0.05) is 28.8 Å². The monoisotopic (exact) mass is 272 g/mol. The number of hydrogen-bond donors (Lipinski definition) is 0. The topological polar surface area (TPSA) is 9.23 Å². The van der Waals surface area contributed by atoms with Crippen LogP contribution in [-0.2, 0) is 4.74 Å². The molecule has 3 atom stereocenters. The van der Waals surface area contributed by atoms with Crippen molar-refractivity contribution in [1.82, 2.24) is 0 Å². The molecule has 2 aliphatic carbocycles. The second-order valence-electron chi connectivity index (χ2n) is 5.91. The first-order valence-electron chi connectivity index (χ1n) is 6.53. The molecule has 3 aliphatic rings. The lowest BCUT2D eigenvalue weighted by Gasteiger charge is -2.23. The molecule has 0 N–H and O–H groups in total. The molecule has 15 heavy (non-hydrogen) atoms. The molecular weight excluding hydrogens is 252 g/mol. The van der Waals surface area contributed by atoms with Crippen LogP contribution in [0.5, 0.6) is 0 Å². The van der Waals surface area contributed by atoms with Crippen molar-refractivity contribution in [3.05, 3.63) is 0 Å². The second kappa shape index (κ2) is 4.03. The van der Waals surface area contributed by atoms with E-state index in [2.05, 4.69) is 15.9 Å². The molecule has 1 nitrogen and oxygen atoms in total. The standard InChI is InChI=1S/C13H21BrO/c14-9-13(5-6-13)8-11-7-10-3-1-2-4-12(10)15-11/h10-12H,1-9H2. The first kappa shape index (κ1) is 10.6. The highest BCUT2D eigenvalue weighted by Crippen LogP contribution is 2.53. The SMILES string of the molecule is BrCC1(CC2CC3CCCCC3O2)CC1. The molecule has 0 aromatic rings. The molecule has 3 rings (SSSR count). The summed E-state index contributed by atoms with van der Waals surface area (Å²) < 4.78 is 6.22. The van der Waals surface area contributed by atoms with Crippen molar-refractivity contribution in [2.45, 2.75) is 63.6 Å². The van der Waals surface area contributed by atoms with Crippen LogP contribution in [-0.4, -0.2) is 17.5 Å². The van der Waals surface area contributed by atoms with Crippen molar-refractivity contribution >= 4 is 15.9 Å². The quantitative estimate of drug-likeness (QED) is 0.709. The minimum absolute atomic E-state index is 0.596. The Morgan fingerprint density at radius 3 is 2.67 bits per heavy atom. The molecule has 2 saturated carbocycles. The fourth-order valence-electron chi connectivity index (χ4n) is 3.45. The number of alkyl halides is 1. The van der Waals surface area contributed by atoms with Gasteiger partial charge in [0.25, 0.3) is 0 Å². The van der Waals surface area contributed by atoms with Crippen molar-refractivity contribution in [2.75, 3.05) is 5.33 Å². The summed E-state index contributed by atoms with van der Waals surface area (Å²) in [5, 5.41) is 1.19. The molecule has 0 aromatic heterocycles. The number of hydrogen-bond acceptors (Lipinski definition) is 1. The zero-order valence-electron chi connectivity index (χ0n) is 9.38. The molecule has 0 radical (unpaired) electrons. The smallest absolute Gasteiger partial charge is 0.0608 e. The van der Waals surface area contributed by atoms with E-state index in [4.69, 9.17) is 4.74 Å². The van der Waals surface area contributed by atoms with E-state index in [1.807, 2.05) is 0 Å². The van der Waals surface area contributed by atoms with Crippen LogP contribution in [0.3, 0.4) is 0 Å². The number of halogens is 1. The minimum Gasteiger partial charge on any atom is -0.375 e. The summed E-state index contributed by atoms with van der Waals surface area (Å²) in [7, 11) is 0. The number of fused-ring (bicyclic) bond motifs is 1. The highest BCUT2D eigenvalue weighted by atomic mass is 79.9. The summed E-state index contributed by atoms with van der Waals surface area (Å²) in [5.41, 5.74) is 0.637. The molecule has 0 bridgehead atoms. The summed E-state index contributed by atoms with van der Waals surface area (Å²) in [6.45, 7) is 0. The predicted molar refractivity (Wildman–Crippen MR) is 65.3 cm³/mol. The molecule has 0 amide bonds. The van der Waals surface area contributed by atoms with Gasteiger partial charge in [-0.25, -0.2) is 0 Å². The van der Waals surface area contributed by atoms with Gasteiger partial charge in [0, 0.05) is 5.33 Å². The molecule has 2 heteroatoms. The third-order valence-electron chi connectivity index (χ3n) is 4.67. The van der Waals surface area contributed by atoms with Gasteiger partial charge in [0.15, 0.2) is 0 Å². The summed E-state index contributed by atoms with van der Waals surface area (Å²) >= 11 is 3.66. The first-order chi connectivity index (χ1) is 7.31.